The second-order valence-corrected chi connectivity index (χ2v) is 6.33. The van der Waals surface area contributed by atoms with Crippen LogP contribution in [-0.4, -0.2) is 47.4 Å². The van der Waals surface area contributed by atoms with Crippen molar-refractivity contribution < 1.29 is 24.5 Å². The quantitative estimate of drug-likeness (QED) is 0.238. The van der Waals surface area contributed by atoms with Crippen LogP contribution in [0.3, 0.4) is 0 Å². The van der Waals surface area contributed by atoms with Gasteiger partial charge >= 0.3 is 5.97 Å². The first kappa shape index (κ1) is 23.6. The van der Waals surface area contributed by atoms with E-state index in [1.54, 1.807) is 12.2 Å². The first-order valence-electron chi connectivity index (χ1n) is 9.38. The second-order valence-electron chi connectivity index (χ2n) is 6.33. The molecule has 0 unspecified atom stereocenters. The fourth-order valence-electron chi connectivity index (χ4n) is 2.32. The monoisotopic (exact) mass is 357 g/mol. The number of aliphatic hydroxyl groups is 2. The van der Waals surface area contributed by atoms with Crippen LogP contribution in [0.1, 0.15) is 71.6 Å². The van der Waals surface area contributed by atoms with Crippen LogP contribution >= 0.6 is 0 Å². The lowest BCUT2D eigenvalue weighted by molar-refractivity contribution is -0.144. The first-order chi connectivity index (χ1) is 12.0. The Bertz CT molecular complexity index is 384. The molecule has 25 heavy (non-hydrogen) atoms. The van der Waals surface area contributed by atoms with Crippen molar-refractivity contribution in [3.05, 3.63) is 12.2 Å². The zero-order chi connectivity index (χ0) is 18.9. The van der Waals surface area contributed by atoms with Crippen molar-refractivity contribution >= 4 is 11.9 Å². The van der Waals surface area contributed by atoms with Crippen molar-refractivity contribution in [3.8, 4) is 0 Å². The molecule has 0 heterocycles. The summed E-state index contributed by atoms with van der Waals surface area (Å²) >= 11 is 0. The summed E-state index contributed by atoms with van der Waals surface area (Å²) in [5.74, 6) is -0.267. The van der Waals surface area contributed by atoms with E-state index in [9.17, 15) is 19.8 Å². The molecule has 0 aliphatic heterocycles. The van der Waals surface area contributed by atoms with E-state index in [2.05, 4.69) is 5.32 Å². The van der Waals surface area contributed by atoms with Crippen LogP contribution in [-0.2, 0) is 14.3 Å². The zero-order valence-corrected chi connectivity index (χ0v) is 15.7. The topological polar surface area (TPSA) is 95.9 Å². The number of hydrogen-bond acceptors (Lipinski definition) is 5. The van der Waals surface area contributed by atoms with Crippen molar-refractivity contribution in [2.75, 3.05) is 13.2 Å². The van der Waals surface area contributed by atoms with Gasteiger partial charge in [0.1, 0.15) is 0 Å². The maximum absolute atomic E-state index is 11.6. The predicted molar refractivity (Wildman–Crippen MR) is 98.0 cm³/mol. The molecule has 6 heteroatoms. The third-order valence-corrected chi connectivity index (χ3v) is 3.73. The maximum Gasteiger partial charge on any atom is 0.305 e. The number of esters is 1. The average Bonchev–Trinajstić information content (AvgIpc) is 2.54. The van der Waals surface area contributed by atoms with E-state index in [0.717, 1.165) is 32.1 Å². The number of rotatable bonds is 15. The van der Waals surface area contributed by atoms with E-state index in [4.69, 9.17) is 4.74 Å². The predicted octanol–water partition coefficient (Wildman–Crippen LogP) is 2.47. The second kappa shape index (κ2) is 16.1. The number of unbranched alkanes of at least 4 members (excludes halogenated alkanes) is 2. The summed E-state index contributed by atoms with van der Waals surface area (Å²) in [4.78, 5) is 22.2. The van der Waals surface area contributed by atoms with Gasteiger partial charge in [-0.15, -0.1) is 0 Å². The molecule has 1 amide bonds. The van der Waals surface area contributed by atoms with E-state index in [0.29, 0.717) is 38.8 Å². The number of ether oxygens (including phenoxy) is 1. The number of amides is 1. The smallest absolute Gasteiger partial charge is 0.305 e. The molecule has 0 aliphatic carbocycles. The van der Waals surface area contributed by atoms with Gasteiger partial charge in [0.25, 0.3) is 0 Å². The lowest BCUT2D eigenvalue weighted by Gasteiger charge is -2.08. The molecule has 0 aromatic heterocycles. The van der Waals surface area contributed by atoms with Gasteiger partial charge in [-0.1, -0.05) is 25.5 Å². The SMILES string of the molecule is CCC[C@H](O)C/C=C/[C@@H](O)CCCC(=O)OCCCCCNC(C)=O. The highest BCUT2D eigenvalue weighted by molar-refractivity contribution is 5.72. The number of carbonyl (C=O) groups is 2. The van der Waals surface area contributed by atoms with E-state index in [-0.39, 0.29) is 18.0 Å². The molecule has 0 saturated heterocycles. The Balaban J connectivity index is 3.53. The van der Waals surface area contributed by atoms with Crippen LogP contribution < -0.4 is 5.32 Å². The molecule has 2 atom stereocenters. The molecule has 0 spiro atoms. The van der Waals surface area contributed by atoms with E-state index in [1.165, 1.54) is 6.92 Å². The van der Waals surface area contributed by atoms with E-state index < -0.39 is 6.10 Å². The molecule has 0 radical (unpaired) electrons. The van der Waals surface area contributed by atoms with Gasteiger partial charge in [-0.05, 0) is 44.9 Å². The molecule has 0 aromatic rings. The Kier molecular flexibility index (Phi) is 15.2. The fourth-order valence-corrected chi connectivity index (χ4v) is 2.32. The van der Waals surface area contributed by atoms with Gasteiger partial charge in [-0.25, -0.2) is 0 Å². The lowest BCUT2D eigenvalue weighted by Crippen LogP contribution is -2.20. The molecule has 0 fully saturated rings. The molecule has 0 aromatic carbocycles. The molecule has 0 aliphatic rings. The van der Waals surface area contributed by atoms with Crippen molar-refractivity contribution in [1.82, 2.24) is 5.32 Å². The van der Waals surface area contributed by atoms with Crippen LogP contribution in [0.2, 0.25) is 0 Å². The Morgan fingerprint density at radius 3 is 2.56 bits per heavy atom. The summed E-state index contributed by atoms with van der Waals surface area (Å²) < 4.78 is 5.13. The highest BCUT2D eigenvalue weighted by atomic mass is 16.5. The Hall–Kier alpha value is -1.40. The van der Waals surface area contributed by atoms with Gasteiger partial charge in [-0.2, -0.15) is 0 Å². The van der Waals surface area contributed by atoms with Crippen LogP contribution in [0.5, 0.6) is 0 Å². The van der Waals surface area contributed by atoms with Gasteiger partial charge in [0.2, 0.25) is 5.91 Å². The van der Waals surface area contributed by atoms with Crippen LogP contribution in [0, 0.1) is 0 Å². The lowest BCUT2D eigenvalue weighted by atomic mass is 10.1. The number of aliphatic hydroxyl groups excluding tert-OH is 2. The molecule has 0 bridgehead atoms. The van der Waals surface area contributed by atoms with Crippen molar-refractivity contribution in [3.63, 3.8) is 0 Å². The van der Waals surface area contributed by atoms with Gasteiger partial charge in [-0.3, -0.25) is 9.59 Å². The Morgan fingerprint density at radius 1 is 1.12 bits per heavy atom. The molecular weight excluding hydrogens is 322 g/mol. The molecular formula is C19H35NO5. The van der Waals surface area contributed by atoms with Crippen molar-refractivity contribution in [2.45, 2.75) is 83.8 Å². The number of carbonyl (C=O) groups excluding carboxylic acids is 2. The Labute approximate surface area is 151 Å². The fraction of sp³-hybridized carbons (Fsp3) is 0.789. The normalized spacial score (nSPS) is 13.6. The standard InChI is InChI=1S/C19H35NO5/c1-3-9-17(22)10-7-11-18(23)12-8-13-19(24)25-15-6-4-5-14-20-16(2)21/h7,11,17-18,22-23H,3-6,8-10,12-15H2,1-2H3,(H,20,21)/b11-7+/t17-,18+/m0/s1. The van der Waals surface area contributed by atoms with Crippen molar-refractivity contribution in [2.24, 2.45) is 0 Å². The summed E-state index contributed by atoms with van der Waals surface area (Å²) in [6, 6.07) is 0. The summed E-state index contributed by atoms with van der Waals surface area (Å²) in [5.41, 5.74) is 0. The Morgan fingerprint density at radius 2 is 1.88 bits per heavy atom. The largest absolute Gasteiger partial charge is 0.466 e. The van der Waals surface area contributed by atoms with E-state index in [1.807, 2.05) is 6.92 Å². The summed E-state index contributed by atoms with van der Waals surface area (Å²) in [5, 5.41) is 22.1. The minimum absolute atomic E-state index is 0.0272. The molecule has 146 valence electrons. The summed E-state index contributed by atoms with van der Waals surface area (Å²) in [6.07, 6.45) is 8.75. The van der Waals surface area contributed by atoms with Gasteiger partial charge in [0, 0.05) is 19.9 Å². The minimum atomic E-state index is -0.588. The number of hydrogen-bond donors (Lipinski definition) is 3. The third-order valence-electron chi connectivity index (χ3n) is 3.73. The first-order valence-corrected chi connectivity index (χ1v) is 9.38. The molecule has 3 N–H and O–H groups in total. The van der Waals surface area contributed by atoms with Crippen LogP contribution in [0.25, 0.3) is 0 Å². The highest BCUT2D eigenvalue weighted by Gasteiger charge is 2.06. The highest BCUT2D eigenvalue weighted by Crippen LogP contribution is 2.07. The van der Waals surface area contributed by atoms with E-state index >= 15 is 0 Å². The number of nitrogens with one attached hydrogen (secondary N) is 1. The van der Waals surface area contributed by atoms with Crippen LogP contribution in [0.4, 0.5) is 0 Å². The van der Waals surface area contributed by atoms with Gasteiger partial charge in [0.15, 0.2) is 0 Å². The average molecular weight is 357 g/mol. The summed E-state index contributed by atoms with van der Waals surface area (Å²) in [6.45, 7) is 4.57. The minimum Gasteiger partial charge on any atom is -0.466 e. The van der Waals surface area contributed by atoms with Gasteiger partial charge < -0.3 is 20.3 Å². The van der Waals surface area contributed by atoms with Crippen LogP contribution in [0.15, 0.2) is 12.2 Å². The molecule has 0 saturated carbocycles. The van der Waals surface area contributed by atoms with Gasteiger partial charge in [0.05, 0.1) is 18.8 Å². The summed E-state index contributed by atoms with van der Waals surface area (Å²) in [7, 11) is 0. The molecule has 6 nitrogen and oxygen atoms in total. The molecule has 0 rings (SSSR count). The zero-order valence-electron chi connectivity index (χ0n) is 15.7. The maximum atomic E-state index is 11.6. The third kappa shape index (κ3) is 17.2. The van der Waals surface area contributed by atoms with Crippen molar-refractivity contribution in [1.29, 1.82) is 0 Å².